The molecule has 0 spiro atoms. The zero-order valence-electron chi connectivity index (χ0n) is 51.1. The van der Waals surface area contributed by atoms with E-state index in [0.29, 0.717) is 57.8 Å². The minimum Gasteiger partial charge on any atom is -0.494 e. The maximum atomic E-state index is 13.6. The molecular formula is C63H64FN19O5S5. The molecule has 0 atom stereocenters. The third-order valence-corrected chi connectivity index (χ3v) is 17.4. The van der Waals surface area contributed by atoms with Crippen molar-refractivity contribution in [1.82, 2.24) is 74.0 Å². The highest BCUT2D eigenvalue weighted by atomic mass is 32.2. The van der Waals surface area contributed by atoms with Crippen LogP contribution in [0, 0.1) is 19.7 Å². The summed E-state index contributed by atoms with van der Waals surface area (Å²) in [5, 5.41) is 43.5. The first-order valence-electron chi connectivity index (χ1n) is 28.4. The van der Waals surface area contributed by atoms with Crippen LogP contribution in [0.3, 0.4) is 0 Å². The van der Waals surface area contributed by atoms with Gasteiger partial charge in [-0.15, -0.1) is 58.7 Å². The topological polar surface area (TPSA) is 315 Å². The number of aryl methyl sites for hydroxylation is 2. The zero-order chi connectivity index (χ0) is 66.1. The average molecular weight is 1350 g/mol. The Balaban J connectivity index is 0.000000161. The van der Waals surface area contributed by atoms with Crippen molar-refractivity contribution in [3.05, 3.63) is 187 Å². The SMILES string of the molecule is C=CCn1c(SCC(N)=O)nnc1-c1cccs1.CCOc1ccc(-n2c(SCC(N)=O)nnc2-c2cccnc2)cc1.CCn1c(SCC(=O)Nc2ccccc2F)nnc1-c1cccnc1.Cc1ccc(C)c(NC(=O)CSc2nnc(-c3ccccn3)n2C)c1. The van der Waals surface area contributed by atoms with E-state index in [9.17, 15) is 23.6 Å². The number of halogens is 1. The number of carbonyl (C=O) groups is 4. The predicted molar refractivity (Wildman–Crippen MR) is 363 cm³/mol. The summed E-state index contributed by atoms with van der Waals surface area (Å²) in [7, 11) is 1.87. The first-order chi connectivity index (χ1) is 45.1. The maximum Gasteiger partial charge on any atom is 0.234 e. The molecule has 0 unspecified atom stereocenters. The highest BCUT2D eigenvalue weighted by molar-refractivity contribution is 8.00. The summed E-state index contributed by atoms with van der Waals surface area (Å²) < 4.78 is 26.6. The third-order valence-electron chi connectivity index (χ3n) is 12.6. The molecule has 4 amide bonds. The molecule has 24 nitrogen and oxygen atoms in total. The second-order valence-electron chi connectivity index (χ2n) is 19.3. The van der Waals surface area contributed by atoms with Gasteiger partial charge >= 0.3 is 0 Å². The number of nitrogens with zero attached hydrogens (tertiary/aromatic N) is 15. The van der Waals surface area contributed by atoms with E-state index in [1.165, 1.54) is 59.2 Å². The number of anilines is 2. The Kier molecular flexibility index (Phi) is 26.0. The number of thioether (sulfide) groups is 4. The van der Waals surface area contributed by atoms with Gasteiger partial charge in [0, 0.05) is 73.6 Å². The van der Waals surface area contributed by atoms with Gasteiger partial charge in [0.05, 0.1) is 40.2 Å². The number of primary amides is 2. The number of nitrogens with two attached hydrogens (primary N) is 2. The van der Waals surface area contributed by atoms with Gasteiger partial charge in [0.2, 0.25) is 23.6 Å². The summed E-state index contributed by atoms with van der Waals surface area (Å²) in [5.74, 6) is 2.68. The van der Waals surface area contributed by atoms with Gasteiger partial charge in [-0.25, -0.2) is 4.39 Å². The fraction of sp³-hybridized carbons (Fsp3) is 0.190. The van der Waals surface area contributed by atoms with Crippen LogP contribution >= 0.6 is 58.4 Å². The minimum atomic E-state index is -0.462. The van der Waals surface area contributed by atoms with Crippen LogP contribution in [0.4, 0.5) is 15.8 Å². The number of carbonyl (C=O) groups excluding carboxylic acids is 4. The van der Waals surface area contributed by atoms with Gasteiger partial charge in [-0.1, -0.05) is 89.5 Å². The molecule has 0 radical (unpaired) electrons. The van der Waals surface area contributed by atoms with Gasteiger partial charge in [0.25, 0.3) is 0 Å². The molecule has 0 bridgehead atoms. The Hall–Kier alpha value is -9.88. The monoisotopic (exact) mass is 1350 g/mol. The lowest BCUT2D eigenvalue weighted by molar-refractivity contribution is -0.116. The lowest BCUT2D eigenvalue weighted by Crippen LogP contribution is -2.15. The first kappa shape index (κ1) is 69.0. The van der Waals surface area contributed by atoms with Gasteiger partial charge in [-0.3, -0.25) is 43.3 Å². The van der Waals surface area contributed by atoms with Crippen molar-refractivity contribution in [2.45, 2.75) is 61.4 Å². The van der Waals surface area contributed by atoms with Gasteiger partial charge < -0.3 is 36.0 Å². The van der Waals surface area contributed by atoms with E-state index in [1.807, 2.05) is 155 Å². The zero-order valence-corrected chi connectivity index (χ0v) is 55.2. The summed E-state index contributed by atoms with van der Waals surface area (Å²) in [6, 6.07) is 36.7. The van der Waals surface area contributed by atoms with E-state index < -0.39 is 11.7 Å². The number of amides is 4. The predicted octanol–water partition coefficient (Wildman–Crippen LogP) is 10.5. The van der Waals surface area contributed by atoms with E-state index >= 15 is 0 Å². The van der Waals surface area contributed by atoms with Gasteiger partial charge in [0.1, 0.15) is 17.3 Å². The van der Waals surface area contributed by atoms with E-state index in [-0.39, 0.29) is 46.4 Å². The van der Waals surface area contributed by atoms with E-state index in [4.69, 9.17) is 16.2 Å². The van der Waals surface area contributed by atoms with E-state index in [0.717, 1.165) is 55.8 Å². The molecule has 11 rings (SSSR count). The van der Waals surface area contributed by atoms with Crippen molar-refractivity contribution in [1.29, 1.82) is 0 Å². The van der Waals surface area contributed by atoms with Gasteiger partial charge in [0.15, 0.2) is 43.9 Å². The number of allylic oxidation sites excluding steroid dienone is 1. The second kappa shape index (κ2) is 35.1. The van der Waals surface area contributed by atoms with Crippen molar-refractivity contribution < 1.29 is 28.3 Å². The smallest absolute Gasteiger partial charge is 0.234 e. The van der Waals surface area contributed by atoms with Crippen LogP contribution in [-0.4, -0.2) is 127 Å². The normalized spacial score (nSPS) is 10.6. The number of hydrogen-bond donors (Lipinski definition) is 4. The standard InChI is InChI=1S/C18H19N5OS.C17H16FN5OS.C17H17N5O2S.C11H12N4OS2/c1-12-7-8-13(2)15(10-12)20-16(24)11-25-18-22-21-17(23(18)3)14-6-4-5-9-19-14;1-2-23-16(12-6-5-9-19-10-12)21-22-17(23)25-11-15(24)20-14-8-4-3-7-13(14)18;1-2-24-14-7-5-13(6-8-14)22-16(12-4-3-9-19-10-12)20-21-17(22)25-11-15(18)23;1-2-5-15-10(8-4-3-6-17-8)13-14-11(15)18-7-9(12)16/h4-10H,11H2,1-3H3,(H,20,24);3-10H,2,11H2,1H3,(H,20,24);3-10H,2,11H2,1H3,(H2,18,23);2-4,6H,1,5,7H2,(H2,12,16). The van der Waals surface area contributed by atoms with Gasteiger partial charge in [-0.2, -0.15) is 0 Å². The van der Waals surface area contributed by atoms with E-state index in [2.05, 4.69) is 73.0 Å². The molecule has 0 fully saturated rings. The van der Waals surface area contributed by atoms with Crippen LogP contribution in [0.1, 0.15) is 25.0 Å². The average Bonchev–Trinajstić information content (AvgIpc) is 1.76. The van der Waals surface area contributed by atoms with Crippen molar-refractivity contribution in [3.8, 4) is 56.4 Å². The van der Waals surface area contributed by atoms with Crippen molar-refractivity contribution in [2.24, 2.45) is 18.5 Å². The largest absolute Gasteiger partial charge is 0.494 e. The quantitative estimate of drug-likeness (QED) is 0.0323. The molecule has 93 heavy (non-hydrogen) atoms. The number of hydrogen-bond acceptors (Lipinski definition) is 21. The summed E-state index contributed by atoms with van der Waals surface area (Å²) in [6.45, 7) is 13.5. The van der Waals surface area contributed by atoms with Crippen LogP contribution in [-0.2, 0) is 39.3 Å². The highest BCUT2D eigenvalue weighted by Gasteiger charge is 2.20. The molecule has 0 aliphatic heterocycles. The van der Waals surface area contributed by atoms with Crippen LogP contribution in [0.5, 0.6) is 5.75 Å². The number of benzene rings is 3. The Labute approximate surface area is 556 Å². The molecule has 11 aromatic rings. The number of nitrogens with one attached hydrogen (secondary N) is 2. The lowest BCUT2D eigenvalue weighted by atomic mass is 10.1. The molecule has 3 aromatic carbocycles. The minimum absolute atomic E-state index is 0.0684. The van der Waals surface area contributed by atoms with Gasteiger partial charge in [-0.05, 0) is 129 Å². The molecule has 0 aliphatic carbocycles. The number of thiophene rings is 1. The number of rotatable bonds is 24. The fourth-order valence-corrected chi connectivity index (χ4v) is 11.9. The number of ether oxygens (including phenoxy) is 1. The van der Waals surface area contributed by atoms with Crippen LogP contribution in [0.2, 0.25) is 0 Å². The Bertz CT molecular complexity index is 4230. The summed E-state index contributed by atoms with van der Waals surface area (Å²) in [6.07, 6.45) is 10.3. The number of para-hydroxylation sites is 1. The van der Waals surface area contributed by atoms with Crippen LogP contribution in [0.25, 0.3) is 50.7 Å². The molecule has 0 aliphatic rings. The molecular weight excluding hydrogens is 1280 g/mol. The second-order valence-corrected chi connectivity index (χ2v) is 24.1. The first-order valence-corrected chi connectivity index (χ1v) is 33.3. The molecule has 0 saturated heterocycles. The third kappa shape index (κ3) is 19.8. The molecule has 0 saturated carbocycles. The number of pyridine rings is 3. The molecule has 478 valence electrons. The highest BCUT2D eigenvalue weighted by Crippen LogP contribution is 2.31. The van der Waals surface area contributed by atoms with Crippen molar-refractivity contribution in [2.75, 3.05) is 40.3 Å². The molecule has 6 N–H and O–H groups in total. The summed E-state index contributed by atoms with van der Waals surface area (Å²) in [5.41, 5.74) is 16.9. The van der Waals surface area contributed by atoms with Crippen LogP contribution < -0.4 is 26.8 Å². The number of aromatic nitrogens is 15. The Morgan fingerprint density at radius 3 is 1.82 bits per heavy atom. The van der Waals surface area contributed by atoms with Crippen molar-refractivity contribution >= 4 is 93.4 Å². The van der Waals surface area contributed by atoms with Crippen LogP contribution in [0.15, 0.2) is 191 Å². The molecule has 30 heteroatoms. The molecule has 8 aromatic heterocycles. The van der Waals surface area contributed by atoms with Crippen molar-refractivity contribution in [3.63, 3.8) is 0 Å². The summed E-state index contributed by atoms with van der Waals surface area (Å²) in [4.78, 5) is 59.8. The van der Waals surface area contributed by atoms with E-state index in [1.54, 1.807) is 60.5 Å². The Morgan fingerprint density at radius 1 is 0.613 bits per heavy atom. The Morgan fingerprint density at radius 2 is 1.20 bits per heavy atom. The lowest BCUT2D eigenvalue weighted by Gasteiger charge is -2.11. The maximum absolute atomic E-state index is 13.6. The molecule has 8 heterocycles. The fourth-order valence-electron chi connectivity index (χ4n) is 8.30. The summed E-state index contributed by atoms with van der Waals surface area (Å²) >= 11 is 6.73.